The number of ether oxygens (including phenoxy) is 1. The number of esters is 1. The van der Waals surface area contributed by atoms with Crippen LogP contribution in [-0.4, -0.2) is 23.8 Å². The van der Waals surface area contributed by atoms with E-state index in [1.807, 2.05) is 0 Å². The average Bonchev–Trinajstić information content (AvgIpc) is 2.89. The maximum Gasteiger partial charge on any atom is 0.311 e. The Morgan fingerprint density at radius 3 is 3.00 bits per heavy atom. The molecule has 2 rings (SSSR count). The van der Waals surface area contributed by atoms with Crippen molar-refractivity contribution in [2.75, 3.05) is 12.0 Å². The number of thiazole rings is 1. The molecule has 0 aliphatic heterocycles. The first-order valence-electron chi connectivity index (χ1n) is 6.53. The molecule has 1 N–H and O–H groups in total. The summed E-state index contributed by atoms with van der Waals surface area (Å²) in [4.78, 5) is 15.5. The van der Waals surface area contributed by atoms with Crippen molar-refractivity contribution in [1.82, 2.24) is 4.98 Å². The average molecular weight is 404 g/mol. The summed E-state index contributed by atoms with van der Waals surface area (Å²) in [5, 5.41) is 6.00. The first-order valence-corrected chi connectivity index (χ1v) is 8.20. The minimum atomic E-state index is -0.732. The first-order chi connectivity index (χ1) is 11.0. The molecule has 0 radical (unpaired) electrons. The second-order valence-corrected chi connectivity index (χ2v) is 5.99. The lowest BCUT2D eigenvalue weighted by Gasteiger charge is -2.01. The highest BCUT2D eigenvalue weighted by atomic mass is 79.9. The van der Waals surface area contributed by atoms with Crippen LogP contribution in [0.1, 0.15) is 18.2 Å². The third kappa shape index (κ3) is 5.07. The Morgan fingerprint density at radius 2 is 2.30 bits per heavy atom. The van der Waals surface area contributed by atoms with Gasteiger partial charge in [0.25, 0.3) is 0 Å². The monoisotopic (exact) mass is 403 g/mol. The maximum absolute atomic E-state index is 13.6. The number of rotatable bonds is 6. The molecular weight excluding hydrogens is 392 g/mol. The molecule has 1 aromatic carbocycles. The van der Waals surface area contributed by atoms with Crippen molar-refractivity contribution in [3.63, 3.8) is 0 Å². The summed E-state index contributed by atoms with van der Waals surface area (Å²) >= 11 is 4.31. The summed E-state index contributed by atoms with van der Waals surface area (Å²) in [5.41, 5.74) is 3.30. The second kappa shape index (κ2) is 8.11. The van der Waals surface area contributed by atoms with E-state index in [0.717, 1.165) is 12.1 Å². The number of hydrogen-bond acceptors (Lipinski definition) is 6. The molecule has 0 aliphatic rings. The molecule has 1 heterocycles. The van der Waals surface area contributed by atoms with Crippen molar-refractivity contribution < 1.29 is 18.3 Å². The predicted molar refractivity (Wildman–Crippen MR) is 87.7 cm³/mol. The van der Waals surface area contributed by atoms with Gasteiger partial charge < -0.3 is 4.74 Å². The van der Waals surface area contributed by atoms with Crippen molar-refractivity contribution in [3.05, 3.63) is 44.9 Å². The molecule has 0 aliphatic carbocycles. The van der Waals surface area contributed by atoms with Crippen LogP contribution in [0, 0.1) is 11.6 Å². The van der Waals surface area contributed by atoms with E-state index in [9.17, 15) is 13.6 Å². The lowest BCUT2D eigenvalue weighted by molar-refractivity contribution is -0.142. The summed E-state index contributed by atoms with van der Waals surface area (Å²) in [6, 6.07) is 1.91. The smallest absolute Gasteiger partial charge is 0.311 e. The van der Waals surface area contributed by atoms with Crippen LogP contribution < -0.4 is 5.43 Å². The zero-order chi connectivity index (χ0) is 16.8. The standard InChI is InChI=1S/C14H12BrF2N3O2S/c1-2-22-13(21)5-9-7-23-14(19-9)20-18-6-10-11(15)3-8(16)4-12(10)17/h3-4,6-7H,2,5H2,1H3,(H,19,20). The van der Waals surface area contributed by atoms with E-state index in [1.165, 1.54) is 17.6 Å². The Kier molecular flexibility index (Phi) is 6.17. The number of aromatic nitrogens is 1. The second-order valence-electron chi connectivity index (χ2n) is 4.28. The normalized spacial score (nSPS) is 11.0. The van der Waals surface area contributed by atoms with Crippen LogP contribution >= 0.6 is 27.3 Å². The van der Waals surface area contributed by atoms with Crippen molar-refractivity contribution in [2.45, 2.75) is 13.3 Å². The number of carbonyl (C=O) groups excluding carboxylic acids is 1. The number of carbonyl (C=O) groups is 1. The van der Waals surface area contributed by atoms with Gasteiger partial charge in [0.1, 0.15) is 11.6 Å². The highest BCUT2D eigenvalue weighted by Crippen LogP contribution is 2.20. The molecule has 0 unspecified atom stereocenters. The molecule has 0 spiro atoms. The molecule has 1 aromatic heterocycles. The largest absolute Gasteiger partial charge is 0.466 e. The summed E-state index contributed by atoms with van der Waals surface area (Å²) < 4.78 is 31.7. The van der Waals surface area contributed by atoms with Crippen molar-refractivity contribution in [1.29, 1.82) is 0 Å². The van der Waals surface area contributed by atoms with Gasteiger partial charge in [0, 0.05) is 21.5 Å². The minimum absolute atomic E-state index is 0.0773. The molecule has 0 saturated heterocycles. The summed E-state index contributed by atoms with van der Waals surface area (Å²) in [7, 11) is 0. The van der Waals surface area contributed by atoms with Gasteiger partial charge in [0.15, 0.2) is 0 Å². The topological polar surface area (TPSA) is 63.6 Å². The van der Waals surface area contributed by atoms with E-state index in [0.29, 0.717) is 17.4 Å². The first kappa shape index (κ1) is 17.5. The highest BCUT2D eigenvalue weighted by molar-refractivity contribution is 9.10. The van der Waals surface area contributed by atoms with Crippen molar-refractivity contribution in [3.8, 4) is 0 Å². The molecule has 23 heavy (non-hydrogen) atoms. The summed E-state index contributed by atoms with van der Waals surface area (Å²) in [6.07, 6.45) is 1.29. The Labute approximate surface area is 143 Å². The van der Waals surface area contributed by atoms with Gasteiger partial charge in [-0.2, -0.15) is 5.10 Å². The maximum atomic E-state index is 13.6. The van der Waals surface area contributed by atoms with Crippen LogP contribution in [0.4, 0.5) is 13.9 Å². The molecule has 0 fully saturated rings. The number of nitrogens with one attached hydrogen (secondary N) is 1. The van der Waals surface area contributed by atoms with Crippen molar-refractivity contribution in [2.24, 2.45) is 5.10 Å². The van der Waals surface area contributed by atoms with Gasteiger partial charge in [-0.05, 0) is 28.9 Å². The minimum Gasteiger partial charge on any atom is -0.466 e. The summed E-state index contributed by atoms with van der Waals surface area (Å²) in [5.74, 6) is -1.77. The van der Waals surface area contributed by atoms with E-state index in [4.69, 9.17) is 4.74 Å². The number of hydrazone groups is 1. The Bertz CT molecular complexity index is 714. The SMILES string of the molecule is CCOC(=O)Cc1csc(NN=Cc2c(F)cc(F)cc2Br)n1. The Hall–Kier alpha value is -1.87. The van der Waals surface area contributed by atoms with Gasteiger partial charge in [-0.1, -0.05) is 0 Å². The van der Waals surface area contributed by atoms with Crippen molar-refractivity contribution >= 4 is 44.6 Å². The van der Waals surface area contributed by atoms with Crippen LogP contribution in [0.15, 0.2) is 27.1 Å². The van der Waals surface area contributed by atoms with E-state index in [1.54, 1.807) is 12.3 Å². The van der Waals surface area contributed by atoms with Gasteiger partial charge >= 0.3 is 5.97 Å². The molecular formula is C14H12BrF2N3O2S. The summed E-state index contributed by atoms with van der Waals surface area (Å²) in [6.45, 7) is 2.05. The van der Waals surface area contributed by atoms with E-state index in [-0.39, 0.29) is 22.4 Å². The van der Waals surface area contributed by atoms with E-state index < -0.39 is 11.6 Å². The lowest BCUT2D eigenvalue weighted by Crippen LogP contribution is -2.07. The lowest BCUT2D eigenvalue weighted by atomic mass is 10.2. The number of benzene rings is 1. The number of hydrogen-bond donors (Lipinski definition) is 1. The van der Waals surface area contributed by atoms with E-state index in [2.05, 4.69) is 31.4 Å². The zero-order valence-corrected chi connectivity index (χ0v) is 14.4. The number of nitrogens with zero attached hydrogens (tertiary/aromatic N) is 2. The fourth-order valence-electron chi connectivity index (χ4n) is 1.63. The molecule has 0 bridgehead atoms. The molecule has 0 amide bonds. The van der Waals surface area contributed by atoms with Crippen LogP contribution in [0.2, 0.25) is 0 Å². The molecule has 9 heteroatoms. The fourth-order valence-corrected chi connectivity index (χ4v) is 2.80. The van der Waals surface area contributed by atoms with Gasteiger partial charge in [0.2, 0.25) is 5.13 Å². The van der Waals surface area contributed by atoms with E-state index >= 15 is 0 Å². The van der Waals surface area contributed by atoms with Crippen LogP contribution in [0.25, 0.3) is 0 Å². The molecule has 0 saturated carbocycles. The Morgan fingerprint density at radius 1 is 1.52 bits per heavy atom. The van der Waals surface area contributed by atoms with Gasteiger partial charge in [-0.3, -0.25) is 10.2 Å². The number of halogens is 3. The van der Waals surface area contributed by atoms with Crippen LogP contribution in [0.5, 0.6) is 0 Å². The van der Waals surface area contributed by atoms with Gasteiger partial charge in [-0.25, -0.2) is 13.8 Å². The quantitative estimate of drug-likeness (QED) is 0.453. The third-order valence-corrected chi connectivity index (χ3v) is 4.03. The molecule has 122 valence electrons. The fraction of sp³-hybridized carbons (Fsp3) is 0.214. The number of anilines is 1. The highest BCUT2D eigenvalue weighted by Gasteiger charge is 2.09. The van der Waals surface area contributed by atoms with Gasteiger partial charge in [0.05, 0.1) is 24.9 Å². The molecule has 5 nitrogen and oxygen atoms in total. The van der Waals surface area contributed by atoms with Gasteiger partial charge in [-0.15, -0.1) is 11.3 Å². The zero-order valence-electron chi connectivity index (χ0n) is 12.0. The Balaban J connectivity index is 1.99. The van der Waals surface area contributed by atoms with Crippen LogP contribution in [-0.2, 0) is 16.0 Å². The van der Waals surface area contributed by atoms with Crippen LogP contribution in [0.3, 0.4) is 0 Å². The third-order valence-electron chi connectivity index (χ3n) is 2.58. The molecule has 0 atom stereocenters. The predicted octanol–water partition coefficient (Wildman–Crippen LogP) is 3.74. The molecule has 2 aromatic rings.